The molecular weight excluding hydrogens is 258 g/mol. The van der Waals surface area contributed by atoms with Gasteiger partial charge in [-0.25, -0.2) is 4.79 Å². The van der Waals surface area contributed by atoms with E-state index in [0.29, 0.717) is 5.56 Å². The maximum atomic E-state index is 11.4. The molecule has 0 bridgehead atoms. The van der Waals surface area contributed by atoms with Crippen LogP contribution in [0.4, 0.5) is 0 Å². The number of pyridine rings is 1. The minimum atomic E-state index is -0.380. The van der Waals surface area contributed by atoms with Crippen molar-refractivity contribution in [2.45, 2.75) is 51.6 Å². The number of nitrogens with zero attached hydrogens (tertiary/aromatic N) is 1. The van der Waals surface area contributed by atoms with Gasteiger partial charge in [0.1, 0.15) is 6.10 Å². The molecule has 0 radical (unpaired) electrons. The van der Waals surface area contributed by atoms with E-state index in [2.05, 4.69) is 9.72 Å². The van der Waals surface area contributed by atoms with Crippen LogP contribution in [0, 0.1) is 0 Å². The fraction of sp³-hybridized carbons (Fsp3) is 0.600. The van der Waals surface area contributed by atoms with E-state index in [4.69, 9.17) is 9.47 Å². The maximum Gasteiger partial charge on any atom is 0.339 e. The minimum Gasteiger partial charge on any atom is -0.465 e. The van der Waals surface area contributed by atoms with Crippen molar-refractivity contribution in [3.8, 4) is 0 Å². The van der Waals surface area contributed by atoms with Gasteiger partial charge in [0.15, 0.2) is 6.29 Å². The van der Waals surface area contributed by atoms with E-state index in [0.717, 1.165) is 25.0 Å². The molecule has 0 aliphatic carbocycles. The van der Waals surface area contributed by atoms with Crippen molar-refractivity contribution in [3.05, 3.63) is 29.6 Å². The molecule has 0 spiro atoms. The van der Waals surface area contributed by atoms with E-state index in [1.807, 2.05) is 19.9 Å². The fourth-order valence-electron chi connectivity index (χ4n) is 2.24. The number of ether oxygens (including phenoxy) is 3. The second kappa shape index (κ2) is 6.81. The summed E-state index contributed by atoms with van der Waals surface area (Å²) in [6.45, 7) is 3.99. The van der Waals surface area contributed by atoms with Crippen LogP contribution in [0.5, 0.6) is 0 Å². The summed E-state index contributed by atoms with van der Waals surface area (Å²) < 4.78 is 16.3. The average molecular weight is 279 g/mol. The van der Waals surface area contributed by atoms with Crippen LogP contribution >= 0.6 is 0 Å². The van der Waals surface area contributed by atoms with E-state index in [1.54, 1.807) is 6.07 Å². The first kappa shape index (κ1) is 14.9. The molecule has 2 heterocycles. The molecule has 20 heavy (non-hydrogen) atoms. The Bertz CT molecular complexity index is 444. The molecule has 0 amide bonds. The monoisotopic (exact) mass is 279 g/mol. The third kappa shape index (κ3) is 3.77. The standard InChI is InChI=1S/C15H21NO4/c1-10(2)19-14-6-4-5-13(20-14)12-8-7-11(9-16-12)15(17)18-3/h7-10,13-14H,4-6H2,1-3H3. The van der Waals surface area contributed by atoms with Gasteiger partial charge in [-0.3, -0.25) is 4.98 Å². The van der Waals surface area contributed by atoms with Gasteiger partial charge in [0, 0.05) is 6.20 Å². The highest BCUT2D eigenvalue weighted by atomic mass is 16.7. The Morgan fingerprint density at radius 2 is 2.20 bits per heavy atom. The molecule has 2 rings (SSSR count). The number of methoxy groups -OCH3 is 1. The Labute approximate surface area is 119 Å². The average Bonchev–Trinajstić information content (AvgIpc) is 2.46. The molecule has 2 atom stereocenters. The topological polar surface area (TPSA) is 57.7 Å². The molecule has 5 nitrogen and oxygen atoms in total. The number of esters is 1. The molecule has 1 saturated heterocycles. The lowest BCUT2D eigenvalue weighted by atomic mass is 10.0. The molecular formula is C15H21NO4. The summed E-state index contributed by atoms with van der Waals surface area (Å²) in [6.07, 6.45) is 4.31. The van der Waals surface area contributed by atoms with Crippen LogP contribution in [0.1, 0.15) is 55.3 Å². The molecule has 1 fully saturated rings. The van der Waals surface area contributed by atoms with Crippen molar-refractivity contribution in [1.29, 1.82) is 0 Å². The zero-order valence-electron chi connectivity index (χ0n) is 12.2. The minimum absolute atomic E-state index is 0.0702. The predicted octanol–water partition coefficient (Wildman–Crippen LogP) is 2.86. The van der Waals surface area contributed by atoms with E-state index in [1.165, 1.54) is 13.3 Å². The Balaban J connectivity index is 2.01. The maximum absolute atomic E-state index is 11.4. The lowest BCUT2D eigenvalue weighted by Gasteiger charge is -2.30. The molecule has 1 aromatic rings. The van der Waals surface area contributed by atoms with Crippen LogP contribution < -0.4 is 0 Å². The Kier molecular flexibility index (Phi) is 5.09. The van der Waals surface area contributed by atoms with Crippen LogP contribution in [-0.4, -0.2) is 30.5 Å². The number of hydrogen-bond donors (Lipinski definition) is 0. The number of rotatable bonds is 4. The van der Waals surface area contributed by atoms with Crippen molar-refractivity contribution in [3.63, 3.8) is 0 Å². The summed E-state index contributed by atoms with van der Waals surface area (Å²) in [6, 6.07) is 3.53. The normalized spacial score (nSPS) is 22.8. The predicted molar refractivity (Wildman–Crippen MR) is 73.3 cm³/mol. The number of carbonyl (C=O) groups excluding carboxylic acids is 1. The van der Waals surface area contributed by atoms with E-state index < -0.39 is 0 Å². The summed E-state index contributed by atoms with van der Waals surface area (Å²) in [5, 5.41) is 0. The van der Waals surface area contributed by atoms with Crippen LogP contribution in [0.2, 0.25) is 0 Å². The van der Waals surface area contributed by atoms with Crippen LogP contribution in [0.15, 0.2) is 18.3 Å². The van der Waals surface area contributed by atoms with E-state index in [-0.39, 0.29) is 24.5 Å². The van der Waals surface area contributed by atoms with Crippen molar-refractivity contribution >= 4 is 5.97 Å². The first-order valence-corrected chi connectivity index (χ1v) is 6.95. The van der Waals surface area contributed by atoms with E-state index >= 15 is 0 Å². The van der Waals surface area contributed by atoms with Crippen LogP contribution in [-0.2, 0) is 14.2 Å². The SMILES string of the molecule is COC(=O)c1ccc(C2CCCC(OC(C)C)O2)nc1. The fourth-order valence-corrected chi connectivity index (χ4v) is 2.24. The molecule has 110 valence electrons. The Morgan fingerprint density at radius 1 is 1.40 bits per heavy atom. The highest BCUT2D eigenvalue weighted by Crippen LogP contribution is 2.31. The largest absolute Gasteiger partial charge is 0.465 e. The molecule has 0 aromatic carbocycles. The van der Waals surface area contributed by atoms with Gasteiger partial charge >= 0.3 is 5.97 Å². The van der Waals surface area contributed by atoms with Gasteiger partial charge < -0.3 is 14.2 Å². The number of hydrogen-bond acceptors (Lipinski definition) is 5. The van der Waals surface area contributed by atoms with Crippen molar-refractivity contribution in [2.24, 2.45) is 0 Å². The van der Waals surface area contributed by atoms with Crippen molar-refractivity contribution in [2.75, 3.05) is 7.11 Å². The summed E-state index contributed by atoms with van der Waals surface area (Å²) >= 11 is 0. The molecule has 2 unspecified atom stereocenters. The quantitative estimate of drug-likeness (QED) is 0.793. The van der Waals surface area contributed by atoms with Gasteiger partial charge in [0.05, 0.1) is 24.5 Å². The number of carbonyl (C=O) groups is 1. The summed E-state index contributed by atoms with van der Waals surface area (Å²) in [7, 11) is 1.36. The van der Waals surface area contributed by atoms with Crippen molar-refractivity contribution in [1.82, 2.24) is 4.98 Å². The molecule has 0 saturated carbocycles. The first-order chi connectivity index (χ1) is 9.60. The third-order valence-corrected chi connectivity index (χ3v) is 3.18. The molecule has 1 aliphatic rings. The lowest BCUT2D eigenvalue weighted by molar-refractivity contribution is -0.211. The van der Waals surface area contributed by atoms with Crippen LogP contribution in [0.25, 0.3) is 0 Å². The van der Waals surface area contributed by atoms with Gasteiger partial charge in [0.25, 0.3) is 0 Å². The highest BCUT2D eigenvalue weighted by Gasteiger charge is 2.25. The Morgan fingerprint density at radius 3 is 2.80 bits per heavy atom. The Hall–Kier alpha value is -1.46. The molecule has 1 aromatic heterocycles. The van der Waals surface area contributed by atoms with Gasteiger partial charge in [-0.2, -0.15) is 0 Å². The third-order valence-electron chi connectivity index (χ3n) is 3.18. The van der Waals surface area contributed by atoms with Gasteiger partial charge in [-0.05, 0) is 45.2 Å². The van der Waals surface area contributed by atoms with Crippen LogP contribution in [0.3, 0.4) is 0 Å². The van der Waals surface area contributed by atoms with Gasteiger partial charge in [-0.15, -0.1) is 0 Å². The molecule has 5 heteroatoms. The first-order valence-electron chi connectivity index (χ1n) is 6.95. The number of aromatic nitrogens is 1. The van der Waals surface area contributed by atoms with Gasteiger partial charge in [-0.1, -0.05) is 0 Å². The molecule has 1 aliphatic heterocycles. The van der Waals surface area contributed by atoms with Crippen molar-refractivity contribution < 1.29 is 19.0 Å². The second-order valence-corrected chi connectivity index (χ2v) is 5.13. The summed E-state index contributed by atoms with van der Waals surface area (Å²) in [4.78, 5) is 15.7. The lowest BCUT2D eigenvalue weighted by Crippen LogP contribution is -2.27. The van der Waals surface area contributed by atoms with E-state index in [9.17, 15) is 4.79 Å². The molecule has 0 N–H and O–H groups in total. The zero-order chi connectivity index (χ0) is 14.5. The van der Waals surface area contributed by atoms with Gasteiger partial charge in [0.2, 0.25) is 0 Å². The zero-order valence-corrected chi connectivity index (χ0v) is 12.2. The second-order valence-electron chi connectivity index (χ2n) is 5.13. The summed E-state index contributed by atoms with van der Waals surface area (Å²) in [5.41, 5.74) is 1.27. The smallest absolute Gasteiger partial charge is 0.339 e. The summed E-state index contributed by atoms with van der Waals surface area (Å²) in [5.74, 6) is -0.380. The highest BCUT2D eigenvalue weighted by molar-refractivity contribution is 5.88.